The first-order chi connectivity index (χ1) is 13.9. The zero-order chi connectivity index (χ0) is 21.0. The normalized spacial score (nSPS) is 16.3. The van der Waals surface area contributed by atoms with E-state index in [2.05, 4.69) is 54.1 Å². The SMILES string of the molecule is CCOc1ccc(NC(=O)C2=C(C)NC(=S)N[C@@H]2c2ccc(C(C)C)cc2)cc1. The molecule has 0 fully saturated rings. The average Bonchev–Trinajstić information content (AvgIpc) is 2.69. The first-order valence-corrected chi connectivity index (χ1v) is 10.2. The van der Waals surface area contributed by atoms with Gasteiger partial charge in [0.2, 0.25) is 0 Å². The molecule has 0 bridgehead atoms. The van der Waals surface area contributed by atoms with Crippen molar-refractivity contribution in [3.8, 4) is 5.75 Å². The quantitative estimate of drug-likeness (QED) is 0.607. The van der Waals surface area contributed by atoms with Crippen molar-refractivity contribution >= 4 is 28.9 Å². The van der Waals surface area contributed by atoms with E-state index in [-0.39, 0.29) is 11.9 Å². The summed E-state index contributed by atoms with van der Waals surface area (Å²) in [6.07, 6.45) is 0. The Bertz CT molecular complexity index is 918. The van der Waals surface area contributed by atoms with Crippen LogP contribution in [0.2, 0.25) is 0 Å². The molecule has 3 rings (SSSR count). The highest BCUT2D eigenvalue weighted by Crippen LogP contribution is 2.29. The smallest absolute Gasteiger partial charge is 0.255 e. The van der Waals surface area contributed by atoms with Gasteiger partial charge in [0, 0.05) is 11.4 Å². The van der Waals surface area contributed by atoms with Crippen molar-refractivity contribution in [2.45, 2.75) is 39.7 Å². The second-order valence-electron chi connectivity index (χ2n) is 7.30. The van der Waals surface area contributed by atoms with Gasteiger partial charge in [0.1, 0.15) is 5.75 Å². The third kappa shape index (κ3) is 4.95. The second-order valence-corrected chi connectivity index (χ2v) is 7.71. The molecular formula is C23H27N3O2S. The van der Waals surface area contributed by atoms with Gasteiger partial charge in [-0.15, -0.1) is 0 Å². The predicted octanol–water partition coefficient (Wildman–Crippen LogP) is 4.64. The number of anilines is 1. The van der Waals surface area contributed by atoms with Gasteiger partial charge in [0.05, 0.1) is 18.2 Å². The summed E-state index contributed by atoms with van der Waals surface area (Å²) in [6.45, 7) is 8.73. The Morgan fingerprint density at radius 1 is 1.14 bits per heavy atom. The summed E-state index contributed by atoms with van der Waals surface area (Å²) in [4.78, 5) is 13.1. The molecule has 3 N–H and O–H groups in total. The summed E-state index contributed by atoms with van der Waals surface area (Å²) in [5, 5.41) is 9.80. The molecular weight excluding hydrogens is 382 g/mol. The lowest BCUT2D eigenvalue weighted by Gasteiger charge is -2.30. The lowest BCUT2D eigenvalue weighted by Crippen LogP contribution is -2.45. The Hall–Kier alpha value is -2.86. The van der Waals surface area contributed by atoms with Crippen molar-refractivity contribution in [3.05, 3.63) is 70.9 Å². The van der Waals surface area contributed by atoms with E-state index in [1.165, 1.54) is 5.56 Å². The highest BCUT2D eigenvalue weighted by Gasteiger charge is 2.30. The maximum atomic E-state index is 13.1. The minimum absolute atomic E-state index is 0.174. The molecule has 2 aromatic rings. The molecule has 5 nitrogen and oxygen atoms in total. The van der Waals surface area contributed by atoms with Gasteiger partial charge in [-0.2, -0.15) is 0 Å². The summed E-state index contributed by atoms with van der Waals surface area (Å²) >= 11 is 5.33. The zero-order valence-electron chi connectivity index (χ0n) is 17.2. The molecule has 1 heterocycles. The fourth-order valence-electron chi connectivity index (χ4n) is 3.32. The van der Waals surface area contributed by atoms with E-state index in [4.69, 9.17) is 17.0 Å². The fraction of sp³-hybridized carbons (Fsp3) is 0.304. The number of nitrogens with one attached hydrogen (secondary N) is 3. The molecule has 1 atom stereocenters. The lowest BCUT2D eigenvalue weighted by atomic mass is 9.92. The van der Waals surface area contributed by atoms with Crippen molar-refractivity contribution in [3.63, 3.8) is 0 Å². The molecule has 29 heavy (non-hydrogen) atoms. The van der Waals surface area contributed by atoms with Crippen LogP contribution in [-0.2, 0) is 4.79 Å². The molecule has 0 saturated carbocycles. The summed E-state index contributed by atoms with van der Waals surface area (Å²) in [5.74, 6) is 1.05. The molecule has 1 aliphatic rings. The van der Waals surface area contributed by atoms with Crippen molar-refractivity contribution in [1.82, 2.24) is 10.6 Å². The molecule has 0 unspecified atom stereocenters. The zero-order valence-corrected chi connectivity index (χ0v) is 18.0. The van der Waals surface area contributed by atoms with E-state index < -0.39 is 0 Å². The predicted molar refractivity (Wildman–Crippen MR) is 121 cm³/mol. The van der Waals surface area contributed by atoms with Gasteiger partial charge < -0.3 is 20.7 Å². The Kier molecular flexibility index (Phi) is 6.54. The fourth-order valence-corrected chi connectivity index (χ4v) is 3.59. The maximum absolute atomic E-state index is 13.1. The van der Waals surface area contributed by atoms with Gasteiger partial charge in [-0.1, -0.05) is 38.1 Å². The molecule has 0 spiro atoms. The van der Waals surface area contributed by atoms with Crippen molar-refractivity contribution in [1.29, 1.82) is 0 Å². The van der Waals surface area contributed by atoms with Crippen LogP contribution < -0.4 is 20.7 Å². The highest BCUT2D eigenvalue weighted by atomic mass is 32.1. The minimum atomic E-state index is -0.312. The summed E-state index contributed by atoms with van der Waals surface area (Å²) in [5.41, 5.74) is 4.32. The van der Waals surface area contributed by atoms with Crippen molar-refractivity contribution in [2.75, 3.05) is 11.9 Å². The van der Waals surface area contributed by atoms with Crippen LogP contribution >= 0.6 is 12.2 Å². The Morgan fingerprint density at radius 2 is 1.79 bits per heavy atom. The Balaban J connectivity index is 1.85. The number of hydrogen-bond donors (Lipinski definition) is 3. The standard InChI is InChI=1S/C23H27N3O2S/c1-5-28-19-12-10-18(11-13-19)25-22(27)20-15(4)24-23(29)26-21(20)17-8-6-16(7-9-17)14(2)3/h6-14,21H,5H2,1-4H3,(H,25,27)(H2,24,26,29)/t21-/m1/s1. The van der Waals surface area contributed by atoms with Gasteiger partial charge in [0.15, 0.2) is 5.11 Å². The number of carbonyl (C=O) groups excluding carboxylic acids is 1. The third-order valence-corrected chi connectivity index (χ3v) is 5.09. The van der Waals surface area contributed by atoms with Crippen molar-refractivity contribution < 1.29 is 9.53 Å². The van der Waals surface area contributed by atoms with E-state index in [9.17, 15) is 4.79 Å². The molecule has 0 aliphatic carbocycles. The molecule has 152 valence electrons. The third-order valence-electron chi connectivity index (χ3n) is 4.87. The van der Waals surface area contributed by atoms with E-state index in [1.54, 1.807) is 0 Å². The van der Waals surface area contributed by atoms with Gasteiger partial charge in [-0.25, -0.2) is 0 Å². The monoisotopic (exact) mass is 409 g/mol. The van der Waals surface area contributed by atoms with E-state index in [0.717, 1.165) is 17.0 Å². The first kappa shape index (κ1) is 20.9. The summed E-state index contributed by atoms with van der Waals surface area (Å²) < 4.78 is 5.46. The number of hydrogen-bond acceptors (Lipinski definition) is 3. The lowest BCUT2D eigenvalue weighted by molar-refractivity contribution is -0.113. The van der Waals surface area contributed by atoms with Gasteiger partial charge >= 0.3 is 0 Å². The number of thiocarbonyl (C=S) groups is 1. The van der Waals surface area contributed by atoms with Crippen molar-refractivity contribution in [2.24, 2.45) is 0 Å². The van der Waals surface area contributed by atoms with E-state index in [1.807, 2.05) is 38.1 Å². The molecule has 1 amide bonds. The van der Waals surface area contributed by atoms with Gasteiger partial charge in [-0.05, 0) is 67.4 Å². The van der Waals surface area contributed by atoms with Gasteiger partial charge in [-0.3, -0.25) is 4.79 Å². The minimum Gasteiger partial charge on any atom is -0.494 e. The van der Waals surface area contributed by atoms with Gasteiger partial charge in [0.25, 0.3) is 5.91 Å². The number of amides is 1. The maximum Gasteiger partial charge on any atom is 0.255 e. The topological polar surface area (TPSA) is 62.4 Å². The number of allylic oxidation sites excluding steroid dienone is 1. The van der Waals surface area contributed by atoms with E-state index >= 15 is 0 Å². The van der Waals surface area contributed by atoms with Crippen LogP contribution in [0.3, 0.4) is 0 Å². The summed E-state index contributed by atoms with van der Waals surface area (Å²) in [6, 6.07) is 15.3. The van der Waals surface area contributed by atoms with Crippen LogP contribution in [0.1, 0.15) is 50.8 Å². The van der Waals surface area contributed by atoms with Crippen LogP contribution in [0.15, 0.2) is 59.8 Å². The van der Waals surface area contributed by atoms with E-state index in [0.29, 0.717) is 28.9 Å². The van der Waals surface area contributed by atoms with Crippen LogP contribution in [0, 0.1) is 0 Å². The van der Waals surface area contributed by atoms with Crippen LogP contribution in [0.5, 0.6) is 5.75 Å². The van der Waals surface area contributed by atoms with Crippen LogP contribution in [0.4, 0.5) is 5.69 Å². The first-order valence-electron chi connectivity index (χ1n) is 9.81. The molecule has 1 aliphatic heterocycles. The molecule has 2 aromatic carbocycles. The second kappa shape index (κ2) is 9.09. The highest BCUT2D eigenvalue weighted by molar-refractivity contribution is 7.80. The van der Waals surface area contributed by atoms with Crippen LogP contribution in [0.25, 0.3) is 0 Å². The number of ether oxygens (including phenoxy) is 1. The molecule has 6 heteroatoms. The Morgan fingerprint density at radius 3 is 2.38 bits per heavy atom. The molecule has 0 saturated heterocycles. The molecule has 0 radical (unpaired) electrons. The largest absolute Gasteiger partial charge is 0.494 e. The molecule has 0 aromatic heterocycles. The number of benzene rings is 2. The number of carbonyl (C=O) groups is 1. The Labute approximate surface area is 177 Å². The van der Waals surface area contributed by atoms with Crippen LogP contribution in [-0.4, -0.2) is 17.6 Å². The number of rotatable bonds is 6. The average molecular weight is 410 g/mol. The summed E-state index contributed by atoms with van der Waals surface area (Å²) in [7, 11) is 0.